The topological polar surface area (TPSA) is 66.4 Å². The maximum Gasteiger partial charge on any atom is 0.274 e. The summed E-state index contributed by atoms with van der Waals surface area (Å²) in [6, 6.07) is 6.85. The van der Waals surface area contributed by atoms with Crippen LogP contribution in [0.15, 0.2) is 42.9 Å². The molecule has 7 heteroatoms. The fraction of sp³-hybridized carbons (Fsp3) is 0.294. The Balaban J connectivity index is 1.65. The number of carbonyl (C=O) groups is 2. The highest BCUT2D eigenvalue weighted by Crippen LogP contribution is 2.14. The Kier molecular flexibility index (Phi) is 5.05. The van der Waals surface area contributed by atoms with Crippen molar-refractivity contribution in [2.24, 2.45) is 0 Å². The van der Waals surface area contributed by atoms with Crippen molar-refractivity contribution < 1.29 is 9.59 Å². The molecule has 0 N–H and O–H groups in total. The number of amides is 2. The first-order chi connectivity index (χ1) is 11.6. The summed E-state index contributed by atoms with van der Waals surface area (Å²) in [4.78, 5) is 36.5. The van der Waals surface area contributed by atoms with Crippen LogP contribution in [0.25, 0.3) is 0 Å². The molecule has 1 aromatic heterocycles. The Hall–Kier alpha value is -2.47. The zero-order valence-electron chi connectivity index (χ0n) is 13.1. The molecule has 1 aromatic carbocycles. The van der Waals surface area contributed by atoms with Crippen molar-refractivity contribution in [3.63, 3.8) is 0 Å². The Bertz CT molecular complexity index is 721. The van der Waals surface area contributed by atoms with E-state index >= 15 is 0 Å². The van der Waals surface area contributed by atoms with Gasteiger partial charge in [0.2, 0.25) is 0 Å². The zero-order valence-corrected chi connectivity index (χ0v) is 13.8. The van der Waals surface area contributed by atoms with Crippen LogP contribution in [0.1, 0.15) is 27.3 Å². The Morgan fingerprint density at radius 2 is 1.58 bits per heavy atom. The van der Waals surface area contributed by atoms with Crippen LogP contribution in [0.2, 0.25) is 5.02 Å². The van der Waals surface area contributed by atoms with Gasteiger partial charge in [0.1, 0.15) is 5.69 Å². The maximum atomic E-state index is 12.6. The molecule has 2 amide bonds. The third-order valence-corrected chi connectivity index (χ3v) is 4.20. The van der Waals surface area contributed by atoms with Crippen LogP contribution < -0.4 is 0 Å². The minimum absolute atomic E-state index is 0.0412. The number of hydrogen-bond donors (Lipinski definition) is 0. The summed E-state index contributed by atoms with van der Waals surface area (Å²) >= 11 is 5.86. The molecule has 1 aliphatic heterocycles. The van der Waals surface area contributed by atoms with Crippen molar-refractivity contribution in [3.05, 3.63) is 59.1 Å². The van der Waals surface area contributed by atoms with Crippen molar-refractivity contribution in [2.45, 2.75) is 6.42 Å². The van der Waals surface area contributed by atoms with Gasteiger partial charge in [-0.15, -0.1) is 0 Å². The van der Waals surface area contributed by atoms with E-state index in [1.807, 2.05) is 0 Å². The van der Waals surface area contributed by atoms with Gasteiger partial charge in [-0.05, 0) is 30.7 Å². The van der Waals surface area contributed by atoms with E-state index in [-0.39, 0.29) is 11.8 Å². The zero-order chi connectivity index (χ0) is 16.9. The Morgan fingerprint density at radius 1 is 0.917 bits per heavy atom. The molecule has 2 heterocycles. The third-order valence-electron chi connectivity index (χ3n) is 3.94. The summed E-state index contributed by atoms with van der Waals surface area (Å²) in [5.41, 5.74) is 0.933. The number of nitrogens with zero attached hydrogens (tertiary/aromatic N) is 4. The highest BCUT2D eigenvalue weighted by atomic mass is 35.5. The molecule has 0 unspecified atom stereocenters. The van der Waals surface area contributed by atoms with Crippen molar-refractivity contribution in [1.29, 1.82) is 0 Å². The summed E-state index contributed by atoms with van der Waals surface area (Å²) < 4.78 is 0. The summed E-state index contributed by atoms with van der Waals surface area (Å²) in [7, 11) is 0. The van der Waals surface area contributed by atoms with E-state index in [1.165, 1.54) is 18.6 Å². The second-order valence-electron chi connectivity index (χ2n) is 5.54. The van der Waals surface area contributed by atoms with Gasteiger partial charge in [0.15, 0.2) is 0 Å². The van der Waals surface area contributed by atoms with Gasteiger partial charge in [0.05, 0.1) is 6.20 Å². The molecule has 0 spiro atoms. The van der Waals surface area contributed by atoms with Crippen LogP contribution in [0.4, 0.5) is 0 Å². The normalized spacial score (nSPS) is 15.0. The van der Waals surface area contributed by atoms with Gasteiger partial charge in [-0.1, -0.05) is 11.6 Å². The van der Waals surface area contributed by atoms with Crippen LogP contribution in [0, 0.1) is 0 Å². The minimum atomic E-state index is -0.149. The molecule has 0 radical (unpaired) electrons. The van der Waals surface area contributed by atoms with Crippen LogP contribution in [-0.2, 0) is 0 Å². The SMILES string of the molecule is O=C(c1ccc(Cl)cc1)N1CCCN(C(=O)c2cnccn2)CC1. The highest BCUT2D eigenvalue weighted by molar-refractivity contribution is 6.30. The van der Waals surface area contributed by atoms with Crippen LogP contribution in [-0.4, -0.2) is 57.8 Å². The largest absolute Gasteiger partial charge is 0.337 e. The molecule has 1 aliphatic rings. The van der Waals surface area contributed by atoms with Gasteiger partial charge >= 0.3 is 0 Å². The first-order valence-corrected chi connectivity index (χ1v) is 8.13. The van der Waals surface area contributed by atoms with E-state index in [0.29, 0.717) is 42.5 Å². The summed E-state index contributed by atoms with van der Waals surface area (Å²) in [5, 5.41) is 0.600. The lowest BCUT2D eigenvalue weighted by Gasteiger charge is -2.22. The van der Waals surface area contributed by atoms with E-state index in [9.17, 15) is 9.59 Å². The summed E-state index contributed by atoms with van der Waals surface area (Å²) in [5.74, 6) is -0.190. The van der Waals surface area contributed by atoms with Gasteiger partial charge in [-0.3, -0.25) is 14.6 Å². The molecule has 0 saturated carbocycles. The minimum Gasteiger partial charge on any atom is -0.337 e. The number of carbonyl (C=O) groups excluding carboxylic acids is 2. The number of hydrogen-bond acceptors (Lipinski definition) is 4. The molecule has 0 aliphatic carbocycles. The lowest BCUT2D eigenvalue weighted by molar-refractivity contribution is 0.0715. The fourth-order valence-corrected chi connectivity index (χ4v) is 2.80. The monoisotopic (exact) mass is 344 g/mol. The molecule has 1 saturated heterocycles. The van der Waals surface area contributed by atoms with Gasteiger partial charge in [0, 0.05) is 49.2 Å². The highest BCUT2D eigenvalue weighted by Gasteiger charge is 2.24. The number of halogens is 1. The molecular weight excluding hydrogens is 328 g/mol. The van der Waals surface area contributed by atoms with E-state index < -0.39 is 0 Å². The third kappa shape index (κ3) is 3.71. The van der Waals surface area contributed by atoms with Crippen molar-refractivity contribution in [3.8, 4) is 0 Å². The van der Waals surface area contributed by atoms with E-state index in [0.717, 1.165) is 6.42 Å². The van der Waals surface area contributed by atoms with Crippen molar-refractivity contribution in [1.82, 2.24) is 19.8 Å². The Labute approximate surface area is 145 Å². The second kappa shape index (κ2) is 7.40. The average Bonchev–Trinajstić information content (AvgIpc) is 2.88. The summed E-state index contributed by atoms with van der Waals surface area (Å²) in [6.07, 6.45) is 5.22. The molecule has 124 valence electrons. The lowest BCUT2D eigenvalue weighted by atomic mass is 10.2. The number of rotatable bonds is 2. The smallest absolute Gasteiger partial charge is 0.274 e. The lowest BCUT2D eigenvalue weighted by Crippen LogP contribution is -2.37. The quantitative estimate of drug-likeness (QED) is 0.837. The first kappa shape index (κ1) is 16.4. The molecule has 1 fully saturated rings. The first-order valence-electron chi connectivity index (χ1n) is 7.75. The maximum absolute atomic E-state index is 12.6. The van der Waals surface area contributed by atoms with Gasteiger partial charge in [-0.25, -0.2) is 4.98 Å². The van der Waals surface area contributed by atoms with Crippen molar-refractivity contribution in [2.75, 3.05) is 26.2 Å². The van der Waals surface area contributed by atoms with E-state index in [1.54, 1.807) is 34.1 Å². The van der Waals surface area contributed by atoms with Crippen LogP contribution >= 0.6 is 11.6 Å². The molecule has 0 atom stereocenters. The second-order valence-corrected chi connectivity index (χ2v) is 5.97. The predicted octanol–water partition coefficient (Wildman–Crippen LogP) is 2.12. The fourth-order valence-electron chi connectivity index (χ4n) is 2.67. The molecule has 3 rings (SSSR count). The van der Waals surface area contributed by atoms with E-state index in [2.05, 4.69) is 9.97 Å². The molecule has 24 heavy (non-hydrogen) atoms. The van der Waals surface area contributed by atoms with Gasteiger partial charge in [-0.2, -0.15) is 0 Å². The van der Waals surface area contributed by atoms with Gasteiger partial charge < -0.3 is 9.80 Å². The number of benzene rings is 1. The Morgan fingerprint density at radius 3 is 2.21 bits per heavy atom. The summed E-state index contributed by atoms with van der Waals surface area (Å²) in [6.45, 7) is 2.19. The number of aromatic nitrogens is 2. The van der Waals surface area contributed by atoms with E-state index in [4.69, 9.17) is 11.6 Å². The van der Waals surface area contributed by atoms with Crippen LogP contribution in [0.3, 0.4) is 0 Å². The molecule has 6 nitrogen and oxygen atoms in total. The molecular formula is C17H17ClN4O2. The molecule has 2 aromatic rings. The predicted molar refractivity (Wildman–Crippen MR) is 89.9 cm³/mol. The van der Waals surface area contributed by atoms with Gasteiger partial charge in [0.25, 0.3) is 11.8 Å². The standard InChI is InChI=1S/C17H17ClN4O2/c18-14-4-2-13(3-5-14)16(23)21-8-1-9-22(11-10-21)17(24)15-12-19-6-7-20-15/h2-7,12H,1,8-11H2. The van der Waals surface area contributed by atoms with Crippen LogP contribution in [0.5, 0.6) is 0 Å². The van der Waals surface area contributed by atoms with Crippen molar-refractivity contribution >= 4 is 23.4 Å². The average molecular weight is 345 g/mol. The molecule has 0 bridgehead atoms.